The zero-order valence-electron chi connectivity index (χ0n) is 17.7. The van der Waals surface area contributed by atoms with Gasteiger partial charge in [0, 0.05) is 25.0 Å². The van der Waals surface area contributed by atoms with E-state index in [9.17, 15) is 14.9 Å². The van der Waals surface area contributed by atoms with E-state index in [4.69, 9.17) is 5.73 Å². The first kappa shape index (κ1) is 22.3. The fraction of sp³-hybridized carbons (Fsp3) is 0.583. The number of carbonyl (C=O) groups is 2. The number of nitrogens with one attached hydrogen (secondary N) is 1. The lowest BCUT2D eigenvalue weighted by Crippen LogP contribution is -2.55. The third-order valence-corrected chi connectivity index (χ3v) is 6.86. The Morgan fingerprint density at radius 3 is 2.37 bits per heavy atom. The number of nitrogens with two attached hydrogens (primary N) is 1. The van der Waals surface area contributed by atoms with Crippen molar-refractivity contribution in [2.45, 2.75) is 63.3 Å². The number of hydrogen-bond acceptors (Lipinski definition) is 4. The second kappa shape index (κ2) is 10.1. The largest absolute Gasteiger partial charge is 0.369 e. The molecule has 6 nitrogen and oxygen atoms in total. The van der Waals surface area contributed by atoms with Crippen LogP contribution < -0.4 is 11.1 Å². The van der Waals surface area contributed by atoms with Gasteiger partial charge in [0.15, 0.2) is 0 Å². The molecule has 30 heavy (non-hydrogen) atoms. The van der Waals surface area contributed by atoms with Crippen LogP contribution in [-0.4, -0.2) is 41.9 Å². The van der Waals surface area contributed by atoms with Crippen molar-refractivity contribution in [2.24, 2.45) is 11.1 Å². The summed E-state index contributed by atoms with van der Waals surface area (Å²) in [6, 6.07) is 12.7. The molecule has 161 valence electrons. The van der Waals surface area contributed by atoms with E-state index in [-0.39, 0.29) is 11.8 Å². The molecular formula is C24H33N4O2. The molecule has 0 unspecified atom stereocenters. The summed E-state index contributed by atoms with van der Waals surface area (Å²) in [6.45, 7) is 2.52. The maximum Gasteiger partial charge on any atom is 0.225 e. The Bertz CT molecular complexity index is 757. The third-order valence-electron chi connectivity index (χ3n) is 6.86. The van der Waals surface area contributed by atoms with Gasteiger partial charge in [-0.25, -0.2) is 0 Å². The topological polar surface area (TPSA) is 99.2 Å². The molecule has 1 saturated heterocycles. The smallest absolute Gasteiger partial charge is 0.225 e. The van der Waals surface area contributed by atoms with E-state index in [0.717, 1.165) is 58.2 Å². The van der Waals surface area contributed by atoms with E-state index in [1.54, 1.807) is 0 Å². The fourth-order valence-electron chi connectivity index (χ4n) is 4.71. The molecule has 0 spiro atoms. The van der Waals surface area contributed by atoms with Gasteiger partial charge in [0.25, 0.3) is 0 Å². The van der Waals surface area contributed by atoms with Crippen molar-refractivity contribution in [3.05, 3.63) is 42.3 Å². The monoisotopic (exact) mass is 409 g/mol. The number of likely N-dealkylation sites (tertiary alicyclic amines) is 1. The number of benzene rings is 1. The second-order valence-electron chi connectivity index (χ2n) is 8.87. The van der Waals surface area contributed by atoms with E-state index in [1.165, 1.54) is 12.0 Å². The number of amides is 2. The molecule has 1 aromatic carbocycles. The summed E-state index contributed by atoms with van der Waals surface area (Å²) in [5, 5.41) is 12.7. The van der Waals surface area contributed by atoms with Gasteiger partial charge in [0.05, 0.1) is 12.5 Å². The Morgan fingerprint density at radius 2 is 1.77 bits per heavy atom. The van der Waals surface area contributed by atoms with Crippen LogP contribution in [0.15, 0.2) is 30.3 Å². The Labute approximate surface area is 179 Å². The van der Waals surface area contributed by atoms with Gasteiger partial charge in [-0.2, -0.15) is 5.26 Å². The molecule has 0 bridgehead atoms. The summed E-state index contributed by atoms with van der Waals surface area (Å²) in [5.74, 6) is -0.576. The van der Waals surface area contributed by atoms with Crippen LogP contribution in [0.5, 0.6) is 0 Å². The number of nitrogens with zero attached hydrogens (tertiary/aromatic N) is 2. The van der Waals surface area contributed by atoms with E-state index in [1.807, 2.05) is 18.2 Å². The first-order valence-electron chi connectivity index (χ1n) is 11.1. The van der Waals surface area contributed by atoms with Crippen LogP contribution in [0, 0.1) is 23.2 Å². The van der Waals surface area contributed by atoms with Gasteiger partial charge in [-0.1, -0.05) is 49.6 Å². The lowest BCUT2D eigenvalue weighted by molar-refractivity contribution is -0.130. The van der Waals surface area contributed by atoms with E-state index >= 15 is 0 Å². The minimum atomic E-state index is -0.830. The van der Waals surface area contributed by atoms with Crippen molar-refractivity contribution in [3.8, 4) is 6.07 Å². The highest BCUT2D eigenvalue weighted by molar-refractivity contribution is 5.88. The molecule has 1 aliphatic carbocycles. The van der Waals surface area contributed by atoms with Crippen LogP contribution in [-0.2, 0) is 16.0 Å². The molecule has 0 atom stereocenters. The van der Waals surface area contributed by atoms with Gasteiger partial charge in [0.1, 0.15) is 5.54 Å². The van der Waals surface area contributed by atoms with Crippen LogP contribution in [0.25, 0.3) is 0 Å². The van der Waals surface area contributed by atoms with Crippen molar-refractivity contribution in [2.75, 3.05) is 19.6 Å². The van der Waals surface area contributed by atoms with Gasteiger partial charge in [-0.05, 0) is 44.1 Å². The first-order chi connectivity index (χ1) is 14.5. The molecule has 1 saturated carbocycles. The molecular weight excluding hydrogens is 376 g/mol. The van der Waals surface area contributed by atoms with Gasteiger partial charge < -0.3 is 16.0 Å². The lowest BCUT2D eigenvalue weighted by atomic mass is 9.70. The molecule has 1 aromatic rings. The van der Waals surface area contributed by atoms with Crippen molar-refractivity contribution in [1.82, 2.24) is 10.2 Å². The maximum atomic E-state index is 12.6. The normalized spacial score (nSPS) is 20.8. The van der Waals surface area contributed by atoms with Crippen LogP contribution >= 0.6 is 0 Å². The quantitative estimate of drug-likeness (QED) is 0.689. The molecule has 0 aromatic heterocycles. The SMILES string of the molecule is N#CC1(NC(=O)[CH]CC2(C(N)=O)CCCCC2)CCN(CCc2ccccc2)CC1. The zero-order valence-corrected chi connectivity index (χ0v) is 17.7. The van der Waals surface area contributed by atoms with Crippen LogP contribution in [0.2, 0.25) is 0 Å². The predicted octanol–water partition coefficient (Wildman–Crippen LogP) is 2.73. The number of carbonyl (C=O) groups excluding carboxylic acids is 2. The van der Waals surface area contributed by atoms with Crippen molar-refractivity contribution in [1.29, 1.82) is 5.26 Å². The highest BCUT2D eigenvalue weighted by atomic mass is 16.2. The number of primary amides is 1. The number of hydrogen-bond donors (Lipinski definition) is 2. The van der Waals surface area contributed by atoms with E-state index in [0.29, 0.717) is 19.3 Å². The average Bonchev–Trinajstić information content (AvgIpc) is 2.78. The molecule has 6 heteroatoms. The molecule has 1 radical (unpaired) electrons. The van der Waals surface area contributed by atoms with Gasteiger partial charge in [-0.3, -0.25) is 9.59 Å². The maximum absolute atomic E-state index is 12.6. The number of nitriles is 1. The minimum Gasteiger partial charge on any atom is -0.369 e. The first-order valence-corrected chi connectivity index (χ1v) is 11.1. The summed E-state index contributed by atoms with van der Waals surface area (Å²) in [6.07, 6.45) is 8.64. The summed E-state index contributed by atoms with van der Waals surface area (Å²) >= 11 is 0. The fourth-order valence-corrected chi connectivity index (χ4v) is 4.71. The zero-order chi connectivity index (χ0) is 21.5. The van der Waals surface area contributed by atoms with Crippen molar-refractivity contribution in [3.63, 3.8) is 0 Å². The number of piperidine rings is 1. The van der Waals surface area contributed by atoms with Gasteiger partial charge in [0.2, 0.25) is 11.8 Å². The predicted molar refractivity (Wildman–Crippen MR) is 116 cm³/mol. The average molecular weight is 410 g/mol. The molecule has 2 aliphatic rings. The van der Waals surface area contributed by atoms with Crippen LogP contribution in [0.4, 0.5) is 0 Å². The Kier molecular flexibility index (Phi) is 7.49. The molecule has 3 rings (SSSR count). The van der Waals surface area contributed by atoms with Crippen molar-refractivity contribution < 1.29 is 9.59 Å². The second-order valence-corrected chi connectivity index (χ2v) is 8.87. The van der Waals surface area contributed by atoms with E-state index < -0.39 is 11.0 Å². The van der Waals surface area contributed by atoms with Crippen LogP contribution in [0.1, 0.15) is 56.9 Å². The Morgan fingerprint density at radius 1 is 1.10 bits per heavy atom. The summed E-state index contributed by atoms with van der Waals surface area (Å²) < 4.78 is 0. The molecule has 3 N–H and O–H groups in total. The van der Waals surface area contributed by atoms with Crippen LogP contribution in [0.3, 0.4) is 0 Å². The molecule has 1 aliphatic heterocycles. The molecule has 2 amide bonds. The highest BCUT2D eigenvalue weighted by Gasteiger charge is 2.40. The lowest BCUT2D eigenvalue weighted by Gasteiger charge is -2.38. The third kappa shape index (κ3) is 5.60. The van der Waals surface area contributed by atoms with Gasteiger partial charge >= 0.3 is 0 Å². The highest BCUT2D eigenvalue weighted by Crippen LogP contribution is 2.39. The van der Waals surface area contributed by atoms with Gasteiger partial charge in [-0.15, -0.1) is 0 Å². The summed E-state index contributed by atoms with van der Waals surface area (Å²) in [4.78, 5) is 27.0. The molecule has 2 fully saturated rings. The molecule has 1 heterocycles. The standard InChI is InChI=1S/C24H33N4O2/c25-19-24(14-17-28(18-15-24)16-10-20-7-3-1-4-8-20)27-21(29)9-13-23(22(26)30)11-5-2-6-12-23/h1,3-4,7-9H,2,5-6,10-18H2,(H2,26,30)(H,27,29). The van der Waals surface area contributed by atoms with Crippen molar-refractivity contribution >= 4 is 11.8 Å². The Hall–Kier alpha value is -2.39. The summed E-state index contributed by atoms with van der Waals surface area (Å²) in [5.41, 5.74) is 5.54. The Balaban J connectivity index is 1.47. The minimum absolute atomic E-state index is 0.263. The summed E-state index contributed by atoms with van der Waals surface area (Å²) in [7, 11) is 0. The number of rotatable bonds is 8. The van der Waals surface area contributed by atoms with E-state index in [2.05, 4.69) is 28.4 Å².